The quantitative estimate of drug-likeness (QED) is 0.674. The molecular formula is C22H26ClN3OS. The summed E-state index contributed by atoms with van der Waals surface area (Å²) in [6.45, 7) is 0. The van der Waals surface area contributed by atoms with Crippen LogP contribution in [0.2, 0.25) is 0 Å². The fraction of sp³-hybridized carbons (Fsp3) is 0.409. The van der Waals surface area contributed by atoms with Crippen LogP contribution in [0.25, 0.3) is 21.5 Å². The van der Waals surface area contributed by atoms with Gasteiger partial charge in [0.1, 0.15) is 0 Å². The zero-order valence-electron chi connectivity index (χ0n) is 16.2. The molecule has 3 atom stereocenters. The second-order valence-electron chi connectivity index (χ2n) is 7.97. The molecule has 0 spiro atoms. The number of rotatable bonds is 3. The summed E-state index contributed by atoms with van der Waals surface area (Å²) in [5, 5.41) is 6.50. The minimum atomic E-state index is 0. The standard InChI is InChI=1S/C22H25N3OS.ClH/c1-24-15-9-10-16(24)13-14(12-15)23-22(26)20-17-6-3-4-7-18(17)25(2)21(20)19-8-5-11-27-19;/h3-8,11,14-16H,9-10,12-13H2,1-2H3,(H,23,26);1H/t14-,15+,16-;. The van der Waals surface area contributed by atoms with Crippen LogP contribution < -0.4 is 5.32 Å². The number of carbonyl (C=O) groups is 1. The van der Waals surface area contributed by atoms with Gasteiger partial charge in [0, 0.05) is 36.1 Å². The van der Waals surface area contributed by atoms with Crippen molar-refractivity contribution >= 4 is 40.6 Å². The first-order valence-electron chi connectivity index (χ1n) is 9.77. The molecule has 2 aliphatic heterocycles. The van der Waals surface area contributed by atoms with E-state index in [0.717, 1.165) is 39.9 Å². The van der Waals surface area contributed by atoms with E-state index in [-0.39, 0.29) is 24.4 Å². The lowest BCUT2D eigenvalue weighted by Crippen LogP contribution is -2.48. The number of amides is 1. The average molecular weight is 416 g/mol. The Bertz CT molecular complexity index is 983. The van der Waals surface area contributed by atoms with Gasteiger partial charge in [0.2, 0.25) is 0 Å². The van der Waals surface area contributed by atoms with Crippen LogP contribution in [0.4, 0.5) is 0 Å². The van der Waals surface area contributed by atoms with Gasteiger partial charge in [0.05, 0.1) is 16.1 Å². The molecule has 2 aromatic heterocycles. The first-order valence-corrected chi connectivity index (χ1v) is 10.7. The number of halogens is 1. The Labute approximate surface area is 175 Å². The van der Waals surface area contributed by atoms with E-state index in [4.69, 9.17) is 0 Å². The van der Waals surface area contributed by atoms with Crippen molar-refractivity contribution in [3.8, 4) is 10.6 Å². The maximum absolute atomic E-state index is 13.4. The summed E-state index contributed by atoms with van der Waals surface area (Å²) in [5.74, 6) is 0.0733. The van der Waals surface area contributed by atoms with Gasteiger partial charge in [-0.25, -0.2) is 0 Å². The number of carbonyl (C=O) groups excluding carboxylic acids is 1. The zero-order chi connectivity index (χ0) is 18.5. The summed E-state index contributed by atoms with van der Waals surface area (Å²) < 4.78 is 2.16. The number of nitrogens with one attached hydrogen (secondary N) is 1. The van der Waals surface area contributed by atoms with Gasteiger partial charge in [-0.3, -0.25) is 4.79 Å². The van der Waals surface area contributed by atoms with Gasteiger partial charge in [-0.15, -0.1) is 23.7 Å². The summed E-state index contributed by atoms with van der Waals surface area (Å²) >= 11 is 1.69. The highest BCUT2D eigenvalue weighted by molar-refractivity contribution is 7.13. The smallest absolute Gasteiger partial charge is 0.254 e. The molecule has 3 aromatic rings. The fourth-order valence-electron chi connectivity index (χ4n) is 5.11. The van der Waals surface area contributed by atoms with Gasteiger partial charge in [-0.2, -0.15) is 0 Å². The van der Waals surface area contributed by atoms with E-state index in [1.165, 1.54) is 12.8 Å². The molecule has 1 aromatic carbocycles. The van der Waals surface area contributed by atoms with Crippen LogP contribution in [0.15, 0.2) is 41.8 Å². The van der Waals surface area contributed by atoms with Crippen molar-refractivity contribution in [3.05, 3.63) is 47.3 Å². The van der Waals surface area contributed by atoms with Crippen molar-refractivity contribution in [1.82, 2.24) is 14.8 Å². The highest BCUT2D eigenvalue weighted by Crippen LogP contribution is 2.37. The van der Waals surface area contributed by atoms with Crippen molar-refractivity contribution in [2.75, 3.05) is 7.05 Å². The van der Waals surface area contributed by atoms with Crippen molar-refractivity contribution in [1.29, 1.82) is 0 Å². The van der Waals surface area contributed by atoms with E-state index < -0.39 is 0 Å². The SMILES string of the molecule is CN1[C@@H]2CC[C@H]1C[C@@H](NC(=O)c1c(-c3cccs3)n(C)c3ccccc13)C2.Cl. The number of fused-ring (bicyclic) bond motifs is 3. The Morgan fingerprint density at radius 2 is 1.79 bits per heavy atom. The minimum absolute atomic E-state index is 0. The second kappa shape index (κ2) is 7.54. The summed E-state index contributed by atoms with van der Waals surface area (Å²) in [6.07, 6.45) is 4.67. The second-order valence-corrected chi connectivity index (χ2v) is 8.92. The molecule has 0 radical (unpaired) electrons. The van der Waals surface area contributed by atoms with Crippen molar-refractivity contribution in [3.63, 3.8) is 0 Å². The van der Waals surface area contributed by atoms with Crippen LogP contribution in [-0.2, 0) is 7.05 Å². The van der Waals surface area contributed by atoms with Crippen LogP contribution in [0, 0.1) is 0 Å². The molecule has 1 N–H and O–H groups in total. The number of thiophene rings is 1. The zero-order valence-corrected chi connectivity index (χ0v) is 17.9. The summed E-state index contributed by atoms with van der Waals surface area (Å²) in [4.78, 5) is 17.1. The normalized spacial score (nSPS) is 24.3. The Kier molecular flexibility index (Phi) is 5.25. The average Bonchev–Trinajstić information content (AvgIpc) is 3.33. The predicted octanol–water partition coefficient (Wildman–Crippen LogP) is 4.68. The van der Waals surface area contributed by atoms with E-state index >= 15 is 0 Å². The van der Waals surface area contributed by atoms with Crippen molar-refractivity contribution < 1.29 is 4.79 Å². The Balaban J connectivity index is 0.00000192. The molecule has 148 valence electrons. The Hall–Kier alpha value is -1.82. The fourth-order valence-corrected chi connectivity index (χ4v) is 5.92. The van der Waals surface area contributed by atoms with E-state index in [0.29, 0.717) is 12.1 Å². The molecule has 0 unspecified atom stereocenters. The number of aromatic nitrogens is 1. The predicted molar refractivity (Wildman–Crippen MR) is 119 cm³/mol. The van der Waals surface area contributed by atoms with Crippen LogP contribution >= 0.6 is 23.7 Å². The Morgan fingerprint density at radius 1 is 1.07 bits per heavy atom. The number of hydrogen-bond acceptors (Lipinski definition) is 3. The van der Waals surface area contributed by atoms with Crippen molar-refractivity contribution in [2.45, 2.75) is 43.8 Å². The van der Waals surface area contributed by atoms with Gasteiger partial charge >= 0.3 is 0 Å². The number of nitrogens with zero attached hydrogens (tertiary/aromatic N) is 2. The molecule has 0 aliphatic carbocycles. The van der Waals surface area contributed by atoms with Crippen molar-refractivity contribution in [2.24, 2.45) is 7.05 Å². The number of hydrogen-bond donors (Lipinski definition) is 1. The summed E-state index contributed by atoms with van der Waals surface area (Å²) in [6, 6.07) is 13.9. The monoisotopic (exact) mass is 415 g/mol. The lowest BCUT2D eigenvalue weighted by molar-refractivity contribution is 0.0884. The number of para-hydroxylation sites is 1. The third-order valence-corrected chi connectivity index (χ3v) is 7.40. The number of benzene rings is 1. The first-order chi connectivity index (χ1) is 13.1. The van der Waals surface area contributed by atoms with E-state index in [1.807, 2.05) is 18.2 Å². The Morgan fingerprint density at radius 3 is 2.46 bits per heavy atom. The van der Waals surface area contributed by atoms with Gasteiger partial charge in [0.15, 0.2) is 0 Å². The molecule has 4 nitrogen and oxygen atoms in total. The highest BCUT2D eigenvalue weighted by Gasteiger charge is 2.39. The minimum Gasteiger partial charge on any atom is -0.349 e. The molecule has 28 heavy (non-hydrogen) atoms. The van der Waals surface area contributed by atoms with Crippen LogP contribution in [0.1, 0.15) is 36.0 Å². The molecule has 2 saturated heterocycles. The first kappa shape index (κ1) is 19.5. The van der Waals surface area contributed by atoms with Crippen LogP contribution in [-0.4, -0.2) is 40.5 Å². The molecule has 2 bridgehead atoms. The van der Waals surface area contributed by atoms with E-state index in [9.17, 15) is 4.79 Å². The number of aryl methyl sites for hydroxylation is 1. The lowest BCUT2D eigenvalue weighted by Gasteiger charge is -2.36. The summed E-state index contributed by atoms with van der Waals surface area (Å²) in [7, 11) is 4.30. The van der Waals surface area contributed by atoms with Crippen LogP contribution in [0.5, 0.6) is 0 Å². The molecule has 1 amide bonds. The van der Waals surface area contributed by atoms with Gasteiger partial charge in [0.25, 0.3) is 5.91 Å². The molecule has 6 heteroatoms. The third-order valence-electron chi connectivity index (χ3n) is 6.52. The largest absolute Gasteiger partial charge is 0.349 e. The van der Waals surface area contributed by atoms with E-state index in [1.54, 1.807) is 11.3 Å². The topological polar surface area (TPSA) is 37.3 Å². The highest BCUT2D eigenvalue weighted by atomic mass is 35.5. The van der Waals surface area contributed by atoms with E-state index in [2.05, 4.69) is 52.5 Å². The molecule has 0 saturated carbocycles. The van der Waals surface area contributed by atoms with Gasteiger partial charge in [-0.1, -0.05) is 24.3 Å². The maximum Gasteiger partial charge on any atom is 0.254 e. The number of piperidine rings is 1. The molecule has 2 fully saturated rings. The molecular weight excluding hydrogens is 390 g/mol. The third kappa shape index (κ3) is 3.06. The molecule has 4 heterocycles. The van der Waals surface area contributed by atoms with Crippen LogP contribution in [0.3, 0.4) is 0 Å². The van der Waals surface area contributed by atoms with Gasteiger partial charge in [-0.05, 0) is 50.2 Å². The molecule has 5 rings (SSSR count). The lowest BCUT2D eigenvalue weighted by atomic mass is 9.97. The maximum atomic E-state index is 13.4. The molecule has 2 aliphatic rings. The van der Waals surface area contributed by atoms with Gasteiger partial charge < -0.3 is 14.8 Å². The summed E-state index contributed by atoms with van der Waals surface area (Å²) in [5.41, 5.74) is 2.95.